The number of hydrogen-bond acceptors (Lipinski definition) is 4. The van der Waals surface area contributed by atoms with Gasteiger partial charge in [0.2, 0.25) is 5.91 Å². The van der Waals surface area contributed by atoms with Crippen molar-refractivity contribution in [2.45, 2.75) is 18.9 Å². The van der Waals surface area contributed by atoms with Crippen molar-refractivity contribution in [2.24, 2.45) is 0 Å². The molecule has 0 aliphatic rings. The average Bonchev–Trinajstić information content (AvgIpc) is 2.41. The molecule has 0 unspecified atom stereocenters. The first-order chi connectivity index (χ1) is 9.93. The molecule has 6 nitrogen and oxygen atoms in total. The van der Waals surface area contributed by atoms with Gasteiger partial charge in [-0.05, 0) is 12.1 Å². The molecule has 0 aliphatic carbocycles. The van der Waals surface area contributed by atoms with E-state index in [0.717, 1.165) is 12.1 Å². The Morgan fingerprint density at radius 3 is 2.67 bits per heavy atom. The summed E-state index contributed by atoms with van der Waals surface area (Å²) in [5.41, 5.74) is -0.228. The Morgan fingerprint density at radius 2 is 2.10 bits per heavy atom. The second-order valence-electron chi connectivity index (χ2n) is 4.40. The van der Waals surface area contributed by atoms with Gasteiger partial charge >= 0.3 is 0 Å². The largest absolute Gasteiger partial charge is 0.544 e. The second-order valence-corrected chi connectivity index (χ2v) is 4.40. The van der Waals surface area contributed by atoms with Gasteiger partial charge in [0.25, 0.3) is 0 Å². The Hall–Kier alpha value is -2.06. The lowest BCUT2D eigenvalue weighted by atomic mass is 10.2. The van der Waals surface area contributed by atoms with Crippen LogP contribution in [0.2, 0.25) is 0 Å². The zero-order chi connectivity index (χ0) is 15.8. The third kappa shape index (κ3) is 5.84. The van der Waals surface area contributed by atoms with E-state index < -0.39 is 36.0 Å². The molecule has 0 saturated carbocycles. The summed E-state index contributed by atoms with van der Waals surface area (Å²) < 4.78 is 26.0. The topological polar surface area (TPSA) is 106 Å². The molecule has 1 aromatic carbocycles. The summed E-state index contributed by atoms with van der Waals surface area (Å²) in [7, 11) is 0. The van der Waals surface area contributed by atoms with Crippen LogP contribution in [0.15, 0.2) is 18.2 Å². The Labute approximate surface area is 119 Å². The fraction of sp³-hybridized carbons (Fsp3) is 0.385. The van der Waals surface area contributed by atoms with Gasteiger partial charge in [0.15, 0.2) is 0 Å². The maximum absolute atomic E-state index is 13.3. The van der Waals surface area contributed by atoms with E-state index in [9.17, 15) is 23.5 Å². The summed E-state index contributed by atoms with van der Waals surface area (Å²) in [6.45, 7) is 0.219. The lowest BCUT2D eigenvalue weighted by Crippen LogP contribution is -2.93. The lowest BCUT2D eigenvalue weighted by molar-refractivity contribution is -0.682. The molecule has 0 aliphatic heterocycles. The van der Waals surface area contributed by atoms with E-state index in [4.69, 9.17) is 5.11 Å². The van der Waals surface area contributed by atoms with Gasteiger partial charge in [-0.15, -0.1) is 0 Å². The third-order valence-electron chi connectivity index (χ3n) is 2.73. The number of carbonyl (C=O) groups is 2. The van der Waals surface area contributed by atoms with Crippen LogP contribution in [0.1, 0.15) is 12.8 Å². The maximum atomic E-state index is 13.3. The molecule has 0 bridgehead atoms. The number of aliphatic carboxylic acids is 1. The number of nitrogens with one attached hydrogen (secondary N) is 1. The zero-order valence-electron chi connectivity index (χ0n) is 11.1. The predicted molar refractivity (Wildman–Crippen MR) is 66.9 cm³/mol. The van der Waals surface area contributed by atoms with Crippen molar-refractivity contribution in [1.29, 1.82) is 0 Å². The second kappa shape index (κ2) is 8.28. The minimum absolute atomic E-state index is 0.0940. The zero-order valence-corrected chi connectivity index (χ0v) is 11.1. The lowest BCUT2D eigenvalue weighted by Gasteiger charge is -2.16. The van der Waals surface area contributed by atoms with Crippen molar-refractivity contribution in [1.82, 2.24) is 0 Å². The van der Waals surface area contributed by atoms with E-state index in [1.807, 2.05) is 0 Å². The summed E-state index contributed by atoms with van der Waals surface area (Å²) in [6, 6.07) is 1.49. The van der Waals surface area contributed by atoms with Crippen LogP contribution in [-0.2, 0) is 9.59 Å². The van der Waals surface area contributed by atoms with Crippen molar-refractivity contribution in [2.75, 3.05) is 18.5 Å². The summed E-state index contributed by atoms with van der Waals surface area (Å²) in [6.07, 6.45) is -0.0530. The molecule has 21 heavy (non-hydrogen) atoms. The Kier molecular flexibility index (Phi) is 6.70. The number of halogens is 2. The number of quaternary nitrogens is 1. The first kappa shape index (κ1) is 17.0. The molecule has 8 heteroatoms. The monoisotopic (exact) mass is 302 g/mol. The van der Waals surface area contributed by atoms with E-state index in [-0.39, 0.29) is 12.3 Å². The average molecular weight is 302 g/mol. The van der Waals surface area contributed by atoms with Crippen molar-refractivity contribution in [3.8, 4) is 0 Å². The van der Waals surface area contributed by atoms with E-state index in [1.54, 1.807) is 0 Å². The molecular weight excluding hydrogens is 286 g/mol. The van der Waals surface area contributed by atoms with E-state index >= 15 is 0 Å². The summed E-state index contributed by atoms with van der Waals surface area (Å²) in [5.74, 6) is -3.88. The van der Waals surface area contributed by atoms with Crippen molar-refractivity contribution < 1.29 is 33.9 Å². The first-order valence-electron chi connectivity index (χ1n) is 6.34. The third-order valence-corrected chi connectivity index (χ3v) is 2.73. The number of anilines is 1. The molecule has 0 spiro atoms. The molecule has 1 amide bonds. The number of nitrogens with two attached hydrogens (primary N) is 1. The SMILES string of the molecule is O=C(C[C@H]([NH2+]CCCO)C(=O)[O-])Nc1ccc(F)cc1F. The van der Waals surface area contributed by atoms with Gasteiger partial charge in [0, 0.05) is 19.1 Å². The van der Waals surface area contributed by atoms with Gasteiger partial charge in [0.05, 0.1) is 24.6 Å². The summed E-state index contributed by atoms with van der Waals surface area (Å²) >= 11 is 0. The van der Waals surface area contributed by atoms with Crippen molar-refractivity contribution in [3.05, 3.63) is 29.8 Å². The van der Waals surface area contributed by atoms with Crippen LogP contribution in [0.3, 0.4) is 0 Å². The number of rotatable bonds is 8. The van der Waals surface area contributed by atoms with Crippen LogP contribution >= 0.6 is 0 Å². The molecule has 116 valence electrons. The molecule has 0 radical (unpaired) electrons. The van der Waals surface area contributed by atoms with Gasteiger partial charge in [-0.1, -0.05) is 0 Å². The van der Waals surface area contributed by atoms with Gasteiger partial charge in [-0.2, -0.15) is 0 Å². The molecule has 1 aromatic rings. The molecule has 0 fully saturated rings. The van der Waals surface area contributed by atoms with Crippen LogP contribution in [-0.4, -0.2) is 36.2 Å². The van der Waals surface area contributed by atoms with Gasteiger partial charge in [-0.25, -0.2) is 8.78 Å². The van der Waals surface area contributed by atoms with Crippen LogP contribution in [0.25, 0.3) is 0 Å². The number of hydrogen-bond donors (Lipinski definition) is 3. The summed E-state index contributed by atoms with van der Waals surface area (Å²) in [5, 5.41) is 23.0. The van der Waals surface area contributed by atoms with E-state index in [0.29, 0.717) is 19.0 Å². The van der Waals surface area contributed by atoms with Crippen molar-refractivity contribution in [3.63, 3.8) is 0 Å². The highest BCUT2D eigenvalue weighted by atomic mass is 19.1. The minimum atomic E-state index is -1.43. The summed E-state index contributed by atoms with van der Waals surface area (Å²) in [4.78, 5) is 22.5. The molecule has 0 heterocycles. The van der Waals surface area contributed by atoms with Crippen molar-refractivity contribution >= 4 is 17.6 Å². The number of benzene rings is 1. The van der Waals surface area contributed by atoms with Crippen LogP contribution in [0.4, 0.5) is 14.5 Å². The minimum Gasteiger partial charge on any atom is -0.544 e. The number of aliphatic hydroxyl groups excluding tert-OH is 1. The number of carboxylic acid groups (broad SMARTS) is 1. The van der Waals surface area contributed by atoms with Crippen LogP contribution in [0.5, 0.6) is 0 Å². The fourth-order valence-electron chi connectivity index (χ4n) is 1.67. The number of aliphatic hydroxyl groups is 1. The highest BCUT2D eigenvalue weighted by Crippen LogP contribution is 2.15. The quantitative estimate of drug-likeness (QED) is 0.501. The first-order valence-corrected chi connectivity index (χ1v) is 6.34. The predicted octanol–water partition coefficient (Wildman–Crippen LogP) is -1.64. The smallest absolute Gasteiger partial charge is 0.230 e. The molecule has 1 atom stereocenters. The maximum Gasteiger partial charge on any atom is 0.230 e. The number of carboxylic acids is 1. The molecule has 1 rings (SSSR count). The van der Waals surface area contributed by atoms with Gasteiger partial charge in [0.1, 0.15) is 17.7 Å². The highest BCUT2D eigenvalue weighted by molar-refractivity contribution is 5.93. The Balaban J connectivity index is 2.59. The normalized spacial score (nSPS) is 12.0. The van der Waals surface area contributed by atoms with Gasteiger partial charge in [-0.3, -0.25) is 4.79 Å². The van der Waals surface area contributed by atoms with Gasteiger partial charge < -0.3 is 25.6 Å². The Bertz CT molecular complexity index is 511. The van der Waals surface area contributed by atoms with E-state index in [2.05, 4.69) is 5.32 Å². The molecule has 0 saturated heterocycles. The standard InChI is InChI=1S/C13H16F2N2O4/c14-8-2-3-10(9(15)6-8)17-12(19)7-11(13(20)21)16-4-1-5-18/h2-3,6,11,16,18H,1,4-5,7H2,(H,17,19)(H,20,21)/t11-/m0/s1. The van der Waals surface area contributed by atoms with E-state index in [1.165, 1.54) is 5.32 Å². The van der Waals surface area contributed by atoms with Crippen LogP contribution in [0, 0.1) is 11.6 Å². The highest BCUT2D eigenvalue weighted by Gasteiger charge is 2.19. The molecule has 4 N–H and O–H groups in total. The Morgan fingerprint density at radius 1 is 1.38 bits per heavy atom. The molecular formula is C13H16F2N2O4. The number of amides is 1. The van der Waals surface area contributed by atoms with Crippen LogP contribution < -0.4 is 15.7 Å². The fourth-order valence-corrected chi connectivity index (χ4v) is 1.67. The number of carbonyl (C=O) groups excluding carboxylic acids is 2. The molecule has 0 aromatic heterocycles.